The minimum absolute atomic E-state index is 0.233. The Labute approximate surface area is 156 Å². The average molecular weight is 373 g/mol. The molecule has 1 aromatic carbocycles. The van der Waals surface area contributed by atoms with Gasteiger partial charge in [-0.2, -0.15) is 0 Å². The quantitative estimate of drug-likeness (QED) is 0.885. The molecule has 1 fully saturated rings. The summed E-state index contributed by atoms with van der Waals surface area (Å²) >= 11 is 0. The van der Waals surface area contributed by atoms with Gasteiger partial charge in [0.1, 0.15) is 11.5 Å². The molecule has 142 valence electrons. The molecular formula is C18H20FN5O3. The van der Waals surface area contributed by atoms with Crippen LogP contribution in [0.1, 0.15) is 17.4 Å². The van der Waals surface area contributed by atoms with Crippen LogP contribution in [0, 0.1) is 5.82 Å². The summed E-state index contributed by atoms with van der Waals surface area (Å²) in [5, 5.41) is 2.94. The number of benzene rings is 1. The number of hydrogen-bond acceptors (Lipinski definition) is 6. The molecular weight excluding hydrogens is 353 g/mol. The van der Waals surface area contributed by atoms with Crippen LogP contribution in [0.5, 0.6) is 0 Å². The standard InChI is InChI=1S/C18H20FN5O3/c1-2-27-18(26)24-11-9-23(10-12-24)16(25)15-7-8-20-17(22-15)21-14-5-3-13(19)4-6-14/h3-8H,2,9-12H2,1H3,(H,20,21,22). The van der Waals surface area contributed by atoms with Crippen LogP contribution in [0.15, 0.2) is 36.5 Å². The summed E-state index contributed by atoms with van der Waals surface area (Å²) in [5.74, 6) is -0.326. The maximum absolute atomic E-state index is 13.0. The maximum atomic E-state index is 13.0. The molecule has 2 amide bonds. The van der Waals surface area contributed by atoms with Crippen molar-refractivity contribution in [2.24, 2.45) is 0 Å². The van der Waals surface area contributed by atoms with Gasteiger partial charge in [-0.25, -0.2) is 19.2 Å². The van der Waals surface area contributed by atoms with Crippen molar-refractivity contribution < 1.29 is 18.7 Å². The van der Waals surface area contributed by atoms with E-state index in [9.17, 15) is 14.0 Å². The van der Waals surface area contributed by atoms with Gasteiger partial charge in [0.15, 0.2) is 0 Å². The first-order valence-electron chi connectivity index (χ1n) is 8.63. The lowest BCUT2D eigenvalue weighted by atomic mass is 10.3. The van der Waals surface area contributed by atoms with Gasteiger partial charge in [0.05, 0.1) is 6.61 Å². The van der Waals surface area contributed by atoms with Gasteiger partial charge in [0.25, 0.3) is 5.91 Å². The van der Waals surface area contributed by atoms with Crippen molar-refractivity contribution in [3.8, 4) is 0 Å². The minimum atomic E-state index is -0.364. The molecule has 1 aliphatic heterocycles. The SMILES string of the molecule is CCOC(=O)N1CCN(C(=O)c2ccnc(Nc3ccc(F)cc3)n2)CC1. The van der Waals surface area contributed by atoms with Crippen LogP contribution < -0.4 is 5.32 Å². The van der Waals surface area contributed by atoms with E-state index in [0.717, 1.165) is 0 Å². The molecule has 3 rings (SSSR count). The zero-order valence-corrected chi connectivity index (χ0v) is 14.9. The second-order valence-corrected chi connectivity index (χ2v) is 5.88. The average Bonchev–Trinajstić information content (AvgIpc) is 2.70. The molecule has 0 saturated carbocycles. The number of anilines is 2. The Kier molecular flexibility index (Phi) is 5.80. The second-order valence-electron chi connectivity index (χ2n) is 5.88. The molecule has 0 aliphatic carbocycles. The van der Waals surface area contributed by atoms with Gasteiger partial charge in [-0.05, 0) is 37.3 Å². The van der Waals surface area contributed by atoms with Crippen molar-refractivity contribution >= 4 is 23.6 Å². The normalized spacial score (nSPS) is 14.0. The second kappa shape index (κ2) is 8.43. The highest BCUT2D eigenvalue weighted by molar-refractivity contribution is 5.92. The molecule has 8 nitrogen and oxygen atoms in total. The summed E-state index contributed by atoms with van der Waals surface area (Å²) in [6.07, 6.45) is 1.12. The number of nitrogens with zero attached hydrogens (tertiary/aromatic N) is 4. The summed E-state index contributed by atoms with van der Waals surface area (Å²) in [5.41, 5.74) is 0.864. The fourth-order valence-corrected chi connectivity index (χ4v) is 2.67. The number of ether oxygens (including phenoxy) is 1. The van der Waals surface area contributed by atoms with Crippen molar-refractivity contribution in [2.45, 2.75) is 6.92 Å². The molecule has 27 heavy (non-hydrogen) atoms. The Hall–Kier alpha value is -3.23. The Morgan fingerprint density at radius 3 is 2.44 bits per heavy atom. The Morgan fingerprint density at radius 2 is 1.78 bits per heavy atom. The first kappa shape index (κ1) is 18.6. The van der Waals surface area contributed by atoms with Crippen LogP contribution in [-0.2, 0) is 4.74 Å². The zero-order chi connectivity index (χ0) is 19.2. The van der Waals surface area contributed by atoms with Gasteiger partial charge in [-0.3, -0.25) is 4.79 Å². The van der Waals surface area contributed by atoms with Crippen LogP contribution in [-0.4, -0.2) is 64.6 Å². The minimum Gasteiger partial charge on any atom is -0.450 e. The predicted octanol–water partition coefficient (Wildman–Crippen LogP) is 2.27. The van der Waals surface area contributed by atoms with Crippen molar-refractivity contribution in [3.05, 3.63) is 48.0 Å². The highest BCUT2D eigenvalue weighted by Gasteiger charge is 2.26. The summed E-state index contributed by atoms with van der Waals surface area (Å²) < 4.78 is 18.0. The first-order valence-corrected chi connectivity index (χ1v) is 8.63. The number of rotatable bonds is 4. The molecule has 1 saturated heterocycles. The van der Waals surface area contributed by atoms with E-state index in [4.69, 9.17) is 4.74 Å². The number of carbonyl (C=O) groups is 2. The Bertz CT molecular complexity index is 807. The summed E-state index contributed by atoms with van der Waals surface area (Å²) in [6.45, 7) is 3.71. The summed E-state index contributed by atoms with van der Waals surface area (Å²) in [4.78, 5) is 35.9. The van der Waals surface area contributed by atoms with Gasteiger partial charge in [-0.1, -0.05) is 0 Å². The van der Waals surface area contributed by atoms with E-state index in [1.165, 1.54) is 24.4 Å². The number of amides is 2. The monoisotopic (exact) mass is 373 g/mol. The molecule has 0 spiro atoms. The van der Waals surface area contributed by atoms with Crippen LogP contribution >= 0.6 is 0 Å². The molecule has 1 aliphatic rings. The predicted molar refractivity (Wildman–Crippen MR) is 96.2 cm³/mol. The Morgan fingerprint density at radius 1 is 1.11 bits per heavy atom. The van der Waals surface area contributed by atoms with E-state index in [-0.39, 0.29) is 29.5 Å². The number of hydrogen-bond donors (Lipinski definition) is 1. The van der Waals surface area contributed by atoms with Gasteiger partial charge >= 0.3 is 6.09 Å². The summed E-state index contributed by atoms with van der Waals surface area (Å²) in [6, 6.07) is 7.29. The molecule has 9 heteroatoms. The molecule has 2 heterocycles. The molecule has 1 N–H and O–H groups in total. The van der Waals surface area contributed by atoms with E-state index in [1.54, 1.807) is 28.9 Å². The molecule has 0 bridgehead atoms. The number of carbonyl (C=O) groups excluding carboxylic acids is 2. The third kappa shape index (κ3) is 4.69. The third-order valence-corrected chi connectivity index (χ3v) is 4.07. The van der Waals surface area contributed by atoms with Crippen LogP contribution in [0.2, 0.25) is 0 Å². The summed E-state index contributed by atoms with van der Waals surface area (Å²) in [7, 11) is 0. The van der Waals surface area contributed by atoms with E-state index in [2.05, 4.69) is 15.3 Å². The van der Waals surface area contributed by atoms with Crippen LogP contribution in [0.4, 0.5) is 20.8 Å². The van der Waals surface area contributed by atoms with Gasteiger partial charge < -0.3 is 19.9 Å². The van der Waals surface area contributed by atoms with Crippen LogP contribution in [0.3, 0.4) is 0 Å². The highest BCUT2D eigenvalue weighted by atomic mass is 19.1. The van der Waals surface area contributed by atoms with E-state index in [1.807, 2.05) is 0 Å². The fraction of sp³-hybridized carbons (Fsp3) is 0.333. The molecule has 0 unspecified atom stereocenters. The number of aromatic nitrogens is 2. The largest absolute Gasteiger partial charge is 0.450 e. The van der Waals surface area contributed by atoms with Crippen molar-refractivity contribution in [2.75, 3.05) is 38.1 Å². The van der Waals surface area contributed by atoms with Crippen molar-refractivity contribution in [3.63, 3.8) is 0 Å². The number of piperazine rings is 1. The fourth-order valence-electron chi connectivity index (χ4n) is 2.67. The third-order valence-electron chi connectivity index (χ3n) is 4.07. The van der Waals surface area contributed by atoms with E-state index >= 15 is 0 Å². The van der Waals surface area contributed by atoms with Gasteiger partial charge in [0, 0.05) is 38.1 Å². The zero-order valence-electron chi connectivity index (χ0n) is 14.9. The number of nitrogens with one attached hydrogen (secondary N) is 1. The number of halogens is 1. The van der Waals surface area contributed by atoms with Gasteiger partial charge in [-0.15, -0.1) is 0 Å². The molecule has 0 radical (unpaired) electrons. The maximum Gasteiger partial charge on any atom is 0.409 e. The molecule has 2 aromatic rings. The smallest absolute Gasteiger partial charge is 0.409 e. The van der Waals surface area contributed by atoms with Crippen molar-refractivity contribution in [1.29, 1.82) is 0 Å². The lowest BCUT2D eigenvalue weighted by Crippen LogP contribution is -2.50. The lowest BCUT2D eigenvalue weighted by molar-refractivity contribution is 0.0566. The highest BCUT2D eigenvalue weighted by Crippen LogP contribution is 2.14. The molecule has 0 atom stereocenters. The molecule has 1 aromatic heterocycles. The lowest BCUT2D eigenvalue weighted by Gasteiger charge is -2.33. The van der Waals surface area contributed by atoms with E-state index in [0.29, 0.717) is 38.5 Å². The van der Waals surface area contributed by atoms with Crippen LogP contribution in [0.25, 0.3) is 0 Å². The van der Waals surface area contributed by atoms with Gasteiger partial charge in [0.2, 0.25) is 5.95 Å². The first-order chi connectivity index (χ1) is 13.1. The van der Waals surface area contributed by atoms with E-state index < -0.39 is 0 Å². The van der Waals surface area contributed by atoms with Crippen molar-refractivity contribution in [1.82, 2.24) is 19.8 Å². The topological polar surface area (TPSA) is 87.7 Å². The Balaban J connectivity index is 1.62.